The van der Waals surface area contributed by atoms with Gasteiger partial charge in [-0.25, -0.2) is 5.10 Å². The minimum Gasteiger partial charge on any atom is -0.545 e. The Labute approximate surface area is 110 Å². The van der Waals surface area contributed by atoms with E-state index in [1.807, 2.05) is 0 Å². The van der Waals surface area contributed by atoms with Gasteiger partial charge in [-0.1, -0.05) is 6.07 Å². The van der Waals surface area contributed by atoms with E-state index in [1.165, 1.54) is 0 Å². The van der Waals surface area contributed by atoms with Crippen molar-refractivity contribution in [2.24, 2.45) is 0 Å². The summed E-state index contributed by atoms with van der Waals surface area (Å²) in [5, 5.41) is 6.61. The van der Waals surface area contributed by atoms with Gasteiger partial charge in [-0.15, -0.1) is 0 Å². The summed E-state index contributed by atoms with van der Waals surface area (Å²) < 4.78 is 12.3. The third-order valence-electron chi connectivity index (χ3n) is 1.32. The number of carbonyl (C=O) groups excluding carboxylic acids is 2. The predicted molar refractivity (Wildman–Crippen MR) is 52.0 cm³/mol. The fourth-order valence-corrected chi connectivity index (χ4v) is 0.824. The zero-order chi connectivity index (χ0) is 12.4. The molecule has 92 valence electrons. The van der Waals surface area contributed by atoms with E-state index in [1.54, 1.807) is 24.4 Å². The number of pyridine rings is 1. The summed E-state index contributed by atoms with van der Waals surface area (Å²) in [5.41, 5.74) is 0.522. The molecule has 0 unspecified atom stereocenters. The average Bonchev–Trinajstić information content (AvgIpc) is 2.82. The molecule has 0 radical (unpaired) electrons. The molecule has 0 N–H and O–H groups in total. The van der Waals surface area contributed by atoms with E-state index >= 15 is 0 Å². The first-order valence-electron chi connectivity index (χ1n) is 3.78. The number of nitrogens with zero attached hydrogens (tertiary/aromatic N) is 4. The van der Waals surface area contributed by atoms with Crippen LogP contribution in [0.5, 0.6) is 0 Å². The van der Waals surface area contributed by atoms with Crippen molar-refractivity contribution < 1.29 is 33.8 Å². The Bertz CT molecular complexity index is 410. The van der Waals surface area contributed by atoms with Crippen molar-refractivity contribution in [3.8, 4) is 11.5 Å². The standard InChI is InChI=1S/C7H4FN4.2CHO.Os/c8-7-10-6(11-12-7)5-3-1-2-4-9-5;2*1-2;/h1-4H;2*1H;/q3*-1;. The smallest absolute Gasteiger partial charge is 0.205 e. The molecule has 0 saturated heterocycles. The van der Waals surface area contributed by atoms with Crippen LogP contribution in [0.25, 0.3) is 11.5 Å². The summed E-state index contributed by atoms with van der Waals surface area (Å²) in [5.74, 6) is 0.216. The maximum absolute atomic E-state index is 12.3. The van der Waals surface area contributed by atoms with Gasteiger partial charge in [0.2, 0.25) is 6.08 Å². The van der Waals surface area contributed by atoms with Crippen LogP contribution in [0.15, 0.2) is 24.4 Å². The average molecular weight is 411 g/mol. The number of rotatable bonds is 1. The summed E-state index contributed by atoms with van der Waals surface area (Å²) in [6.07, 6.45) is 0.763. The van der Waals surface area contributed by atoms with Crippen molar-refractivity contribution in [1.29, 1.82) is 0 Å². The minimum atomic E-state index is -0.823. The Morgan fingerprint density at radius 3 is 2.24 bits per heavy atom. The van der Waals surface area contributed by atoms with Crippen molar-refractivity contribution >= 4 is 13.6 Å². The van der Waals surface area contributed by atoms with E-state index < -0.39 is 6.08 Å². The first kappa shape index (κ1) is 17.6. The third-order valence-corrected chi connectivity index (χ3v) is 1.32. The van der Waals surface area contributed by atoms with E-state index in [9.17, 15) is 4.39 Å². The van der Waals surface area contributed by atoms with Gasteiger partial charge in [0.15, 0.2) is 0 Å². The molecule has 17 heavy (non-hydrogen) atoms. The van der Waals surface area contributed by atoms with Gasteiger partial charge in [-0.05, 0) is 18.0 Å². The molecule has 0 aliphatic carbocycles. The van der Waals surface area contributed by atoms with Crippen LogP contribution in [0.3, 0.4) is 0 Å². The quantitative estimate of drug-likeness (QED) is 0.488. The molecule has 0 aliphatic rings. The van der Waals surface area contributed by atoms with Gasteiger partial charge >= 0.3 is 0 Å². The second kappa shape index (κ2) is 10.7. The molecule has 2 heterocycles. The molecule has 0 atom stereocenters. The van der Waals surface area contributed by atoms with Crippen LogP contribution in [0.2, 0.25) is 0 Å². The Hall–Kier alpha value is -1.80. The second-order valence-electron chi connectivity index (χ2n) is 2.12. The van der Waals surface area contributed by atoms with Gasteiger partial charge in [0, 0.05) is 26.0 Å². The monoisotopic (exact) mass is 413 g/mol. The molecule has 2 aromatic rings. The van der Waals surface area contributed by atoms with Crippen LogP contribution < -0.4 is 5.10 Å². The molecule has 2 aromatic heterocycles. The van der Waals surface area contributed by atoms with Crippen LogP contribution in [0, 0.1) is 6.08 Å². The van der Waals surface area contributed by atoms with Crippen LogP contribution in [-0.2, 0) is 29.4 Å². The van der Waals surface area contributed by atoms with Gasteiger partial charge in [0.05, 0.1) is 5.69 Å². The molecule has 0 amide bonds. The molecule has 0 spiro atoms. The van der Waals surface area contributed by atoms with E-state index in [2.05, 4.69) is 33.7 Å². The topological polar surface area (TPSA) is 86.9 Å². The maximum Gasteiger partial charge on any atom is 0.205 e. The Morgan fingerprint density at radius 1 is 1.18 bits per heavy atom. The summed E-state index contributed by atoms with van der Waals surface area (Å²) in [4.78, 5) is 22.9. The molecule has 2 rings (SSSR count). The van der Waals surface area contributed by atoms with Crippen molar-refractivity contribution in [1.82, 2.24) is 20.2 Å². The predicted octanol–water partition coefficient (Wildman–Crippen LogP) is 0.0842. The van der Waals surface area contributed by atoms with Gasteiger partial charge in [-0.3, -0.25) is 18.6 Å². The van der Waals surface area contributed by atoms with E-state index in [0.717, 1.165) is 0 Å². The van der Waals surface area contributed by atoms with Crippen LogP contribution >= 0.6 is 0 Å². The Balaban J connectivity index is 0. The summed E-state index contributed by atoms with van der Waals surface area (Å²) >= 11 is 0. The van der Waals surface area contributed by atoms with Gasteiger partial charge in [-0.2, -0.15) is 4.39 Å². The van der Waals surface area contributed by atoms with E-state index in [-0.39, 0.29) is 25.6 Å². The van der Waals surface area contributed by atoms with Crippen LogP contribution in [0.4, 0.5) is 4.39 Å². The zero-order valence-corrected chi connectivity index (χ0v) is 10.8. The van der Waals surface area contributed by atoms with E-state index in [0.29, 0.717) is 5.69 Å². The fourth-order valence-electron chi connectivity index (χ4n) is 0.824. The second-order valence-corrected chi connectivity index (χ2v) is 2.12. The third kappa shape index (κ3) is 5.73. The van der Waals surface area contributed by atoms with Crippen molar-refractivity contribution in [2.45, 2.75) is 0 Å². The first-order valence-corrected chi connectivity index (χ1v) is 3.78. The molecule has 0 fully saturated rings. The van der Waals surface area contributed by atoms with Crippen LogP contribution in [-0.4, -0.2) is 28.6 Å². The molecular weight excluding hydrogens is 405 g/mol. The number of halogens is 1. The normalized spacial score (nSPS) is 7.59. The Kier molecular flexibility index (Phi) is 11.1. The molecule has 0 aliphatic heterocycles. The molecule has 0 saturated carbocycles. The molecule has 6 nitrogen and oxygen atoms in total. The van der Waals surface area contributed by atoms with Crippen molar-refractivity contribution in [3.63, 3.8) is 0 Å². The minimum absolute atomic E-state index is 0. The summed E-state index contributed by atoms with van der Waals surface area (Å²) in [7, 11) is 0. The number of aromatic nitrogens is 4. The number of hydrogen-bond acceptors (Lipinski definition) is 5. The molecule has 0 bridgehead atoms. The molecule has 8 heteroatoms. The van der Waals surface area contributed by atoms with Gasteiger partial charge in [0.1, 0.15) is 0 Å². The summed E-state index contributed by atoms with van der Waals surface area (Å²) in [6, 6.07) is 5.23. The molecular formula is C9H6FN4O2Os-3. The van der Waals surface area contributed by atoms with Crippen molar-refractivity contribution in [3.05, 3.63) is 30.5 Å². The SMILES string of the molecule is Fc1n[n-]c(-c2ccccn2)n1.[CH-]=O.[CH-]=O.[Os]. The fraction of sp³-hybridized carbons (Fsp3) is 0. The Morgan fingerprint density at radius 2 is 1.82 bits per heavy atom. The molecule has 0 aromatic carbocycles. The van der Waals surface area contributed by atoms with E-state index in [4.69, 9.17) is 9.59 Å². The van der Waals surface area contributed by atoms with Gasteiger partial charge < -0.3 is 19.7 Å². The maximum atomic E-state index is 12.3. The largest absolute Gasteiger partial charge is 0.545 e. The summed E-state index contributed by atoms with van der Waals surface area (Å²) in [6.45, 7) is 6.50. The number of hydrogen-bond donors (Lipinski definition) is 0. The van der Waals surface area contributed by atoms with Crippen molar-refractivity contribution in [2.75, 3.05) is 0 Å². The first-order chi connectivity index (χ1) is 7.86. The zero-order valence-electron chi connectivity index (χ0n) is 8.30. The van der Waals surface area contributed by atoms with Crippen LogP contribution in [0.1, 0.15) is 0 Å². The van der Waals surface area contributed by atoms with Gasteiger partial charge in [0.25, 0.3) is 0 Å².